The number of nitrogens with one attached hydrogen (secondary N) is 2. The fraction of sp³-hybridized carbons (Fsp3) is 0.107. The molecule has 0 atom stereocenters. The lowest BCUT2D eigenvalue weighted by Crippen LogP contribution is -2.23. The topological polar surface area (TPSA) is 93.7 Å². The lowest BCUT2D eigenvalue weighted by molar-refractivity contribution is -0.118. The van der Waals surface area contributed by atoms with Gasteiger partial charge in [-0.3, -0.25) is 4.79 Å². The summed E-state index contributed by atoms with van der Waals surface area (Å²) in [4.78, 5) is 12.5. The first kappa shape index (κ1) is 25.0. The maximum atomic E-state index is 12.6. The van der Waals surface area contributed by atoms with Gasteiger partial charge in [0.1, 0.15) is 17.2 Å². The summed E-state index contributed by atoms with van der Waals surface area (Å²) in [6, 6.07) is 30.2. The Bertz CT molecular complexity index is 1410. The van der Waals surface area contributed by atoms with Crippen molar-refractivity contribution in [1.82, 2.24) is 4.72 Å². The van der Waals surface area contributed by atoms with Crippen molar-refractivity contribution in [2.24, 2.45) is 0 Å². The first-order chi connectivity index (χ1) is 17.4. The maximum Gasteiger partial charge on any atom is 0.262 e. The van der Waals surface area contributed by atoms with Crippen LogP contribution >= 0.6 is 0 Å². The molecule has 36 heavy (non-hydrogen) atoms. The van der Waals surface area contributed by atoms with Crippen molar-refractivity contribution in [2.75, 3.05) is 11.9 Å². The highest BCUT2D eigenvalue weighted by molar-refractivity contribution is 7.89. The number of ether oxygens (including phenoxy) is 2. The zero-order valence-electron chi connectivity index (χ0n) is 19.7. The molecule has 2 N–H and O–H groups in total. The number of amides is 1. The van der Waals surface area contributed by atoms with E-state index in [0.717, 1.165) is 11.3 Å². The van der Waals surface area contributed by atoms with E-state index in [4.69, 9.17) is 9.47 Å². The number of benzene rings is 4. The second kappa shape index (κ2) is 11.5. The van der Waals surface area contributed by atoms with E-state index in [-0.39, 0.29) is 24.0 Å². The smallest absolute Gasteiger partial charge is 0.262 e. The third kappa shape index (κ3) is 6.94. The molecule has 4 aromatic rings. The van der Waals surface area contributed by atoms with Crippen molar-refractivity contribution >= 4 is 21.6 Å². The van der Waals surface area contributed by atoms with Crippen molar-refractivity contribution in [2.45, 2.75) is 18.4 Å². The number of rotatable bonds is 10. The third-order valence-corrected chi connectivity index (χ3v) is 6.64. The lowest BCUT2D eigenvalue weighted by Gasteiger charge is -2.12. The SMILES string of the molecule is Cc1cc(S(=O)(=O)NCc2ccccc2)ccc1OCC(=O)Nc1ccc(Oc2ccccc2)cc1. The summed E-state index contributed by atoms with van der Waals surface area (Å²) in [6.45, 7) is 1.70. The average Bonchev–Trinajstić information content (AvgIpc) is 2.89. The van der Waals surface area contributed by atoms with E-state index in [0.29, 0.717) is 22.7 Å². The summed E-state index contributed by atoms with van der Waals surface area (Å²) in [5.74, 6) is 1.47. The number of para-hydroxylation sites is 1. The van der Waals surface area contributed by atoms with E-state index >= 15 is 0 Å². The highest BCUT2D eigenvalue weighted by Crippen LogP contribution is 2.24. The zero-order valence-corrected chi connectivity index (χ0v) is 20.5. The fourth-order valence-corrected chi connectivity index (χ4v) is 4.48. The third-order valence-electron chi connectivity index (χ3n) is 5.24. The van der Waals surface area contributed by atoms with Crippen LogP contribution in [0.3, 0.4) is 0 Å². The van der Waals surface area contributed by atoms with Crippen LogP contribution in [0.4, 0.5) is 5.69 Å². The Morgan fingerprint density at radius 2 is 1.44 bits per heavy atom. The number of carbonyl (C=O) groups excluding carboxylic acids is 1. The van der Waals surface area contributed by atoms with Crippen LogP contribution in [0.15, 0.2) is 108 Å². The van der Waals surface area contributed by atoms with Gasteiger partial charge in [-0.1, -0.05) is 48.5 Å². The van der Waals surface area contributed by atoms with Gasteiger partial charge in [-0.15, -0.1) is 0 Å². The molecule has 1 amide bonds. The van der Waals surface area contributed by atoms with E-state index in [1.807, 2.05) is 60.7 Å². The molecular formula is C28H26N2O5S. The summed E-state index contributed by atoms with van der Waals surface area (Å²) in [6.07, 6.45) is 0. The van der Waals surface area contributed by atoms with Crippen LogP contribution in [-0.2, 0) is 21.4 Å². The zero-order chi connectivity index (χ0) is 25.4. The Labute approximate surface area is 210 Å². The summed E-state index contributed by atoms with van der Waals surface area (Å²) in [7, 11) is -3.69. The van der Waals surface area contributed by atoms with E-state index in [9.17, 15) is 13.2 Å². The minimum absolute atomic E-state index is 0.130. The highest BCUT2D eigenvalue weighted by Gasteiger charge is 2.16. The summed E-state index contributed by atoms with van der Waals surface area (Å²) < 4.78 is 39.2. The summed E-state index contributed by atoms with van der Waals surface area (Å²) in [5, 5.41) is 2.77. The molecule has 0 aliphatic carbocycles. The molecule has 7 nitrogen and oxygen atoms in total. The van der Waals surface area contributed by atoms with Gasteiger partial charge in [0.05, 0.1) is 4.90 Å². The van der Waals surface area contributed by atoms with Gasteiger partial charge in [0.15, 0.2) is 6.61 Å². The van der Waals surface area contributed by atoms with Crippen LogP contribution in [0.5, 0.6) is 17.2 Å². The monoisotopic (exact) mass is 502 g/mol. The molecule has 4 aromatic carbocycles. The number of aryl methyl sites for hydroxylation is 1. The van der Waals surface area contributed by atoms with E-state index in [2.05, 4.69) is 10.0 Å². The van der Waals surface area contributed by atoms with Gasteiger partial charge in [-0.2, -0.15) is 0 Å². The van der Waals surface area contributed by atoms with Crippen molar-refractivity contribution in [3.05, 3.63) is 114 Å². The van der Waals surface area contributed by atoms with Crippen LogP contribution in [-0.4, -0.2) is 20.9 Å². The van der Waals surface area contributed by atoms with Gasteiger partial charge >= 0.3 is 0 Å². The number of sulfonamides is 1. The van der Waals surface area contributed by atoms with Crippen molar-refractivity contribution in [1.29, 1.82) is 0 Å². The molecule has 0 spiro atoms. The maximum absolute atomic E-state index is 12.6. The van der Waals surface area contributed by atoms with Crippen LogP contribution < -0.4 is 19.5 Å². The van der Waals surface area contributed by atoms with Gasteiger partial charge in [0, 0.05) is 12.2 Å². The summed E-state index contributed by atoms with van der Waals surface area (Å²) >= 11 is 0. The van der Waals surface area contributed by atoms with Gasteiger partial charge in [0.25, 0.3) is 5.91 Å². The largest absolute Gasteiger partial charge is 0.483 e. The molecule has 0 aliphatic rings. The van der Waals surface area contributed by atoms with Gasteiger partial charge < -0.3 is 14.8 Å². The van der Waals surface area contributed by atoms with Crippen molar-refractivity contribution < 1.29 is 22.7 Å². The Hall–Kier alpha value is -4.14. The molecule has 0 radical (unpaired) electrons. The second-order valence-electron chi connectivity index (χ2n) is 8.01. The van der Waals surface area contributed by atoms with Crippen LogP contribution in [0.2, 0.25) is 0 Å². The standard InChI is InChI=1S/C28H26N2O5S/c1-21-18-26(36(32,33)29-19-22-8-4-2-5-9-22)16-17-27(21)34-20-28(31)30-23-12-14-25(15-13-23)35-24-10-6-3-7-11-24/h2-18,29H,19-20H2,1H3,(H,30,31). The molecule has 0 aliphatic heterocycles. The van der Waals surface area contributed by atoms with E-state index in [1.54, 1.807) is 37.3 Å². The predicted molar refractivity (Wildman–Crippen MR) is 139 cm³/mol. The predicted octanol–water partition coefficient (Wildman–Crippen LogP) is 5.28. The fourth-order valence-electron chi connectivity index (χ4n) is 3.38. The second-order valence-corrected chi connectivity index (χ2v) is 9.78. The lowest BCUT2D eigenvalue weighted by atomic mass is 10.2. The Balaban J connectivity index is 1.29. The molecule has 0 bridgehead atoms. The van der Waals surface area contributed by atoms with Crippen LogP contribution in [0.1, 0.15) is 11.1 Å². The molecular weight excluding hydrogens is 476 g/mol. The van der Waals surface area contributed by atoms with E-state index < -0.39 is 10.0 Å². The normalized spacial score (nSPS) is 11.0. The van der Waals surface area contributed by atoms with Gasteiger partial charge in [0.2, 0.25) is 10.0 Å². The van der Waals surface area contributed by atoms with Crippen LogP contribution in [0, 0.1) is 6.92 Å². The van der Waals surface area contributed by atoms with E-state index in [1.165, 1.54) is 12.1 Å². The molecule has 0 saturated carbocycles. The van der Waals surface area contributed by atoms with Crippen LogP contribution in [0.25, 0.3) is 0 Å². The van der Waals surface area contributed by atoms with Gasteiger partial charge in [-0.05, 0) is 72.6 Å². The molecule has 0 aromatic heterocycles. The van der Waals surface area contributed by atoms with Crippen molar-refractivity contribution in [3.8, 4) is 17.2 Å². The molecule has 0 unspecified atom stereocenters. The molecule has 0 saturated heterocycles. The molecule has 8 heteroatoms. The quantitative estimate of drug-likeness (QED) is 0.308. The first-order valence-corrected chi connectivity index (χ1v) is 12.8. The van der Waals surface area contributed by atoms with Crippen molar-refractivity contribution in [3.63, 3.8) is 0 Å². The minimum atomic E-state index is -3.69. The highest BCUT2D eigenvalue weighted by atomic mass is 32.2. The molecule has 0 heterocycles. The van der Waals surface area contributed by atoms with Gasteiger partial charge in [-0.25, -0.2) is 13.1 Å². The average molecular weight is 503 g/mol. The number of anilines is 1. The molecule has 0 fully saturated rings. The Morgan fingerprint density at radius 1 is 0.806 bits per heavy atom. The number of carbonyl (C=O) groups is 1. The number of hydrogen-bond acceptors (Lipinski definition) is 5. The first-order valence-electron chi connectivity index (χ1n) is 11.3. The summed E-state index contributed by atoms with van der Waals surface area (Å²) in [5.41, 5.74) is 2.07. The Kier molecular flexibility index (Phi) is 7.99. The molecule has 4 rings (SSSR count). The Morgan fingerprint density at radius 3 is 2.11 bits per heavy atom. The minimum Gasteiger partial charge on any atom is -0.483 e. The molecule has 184 valence electrons. The number of hydrogen-bond donors (Lipinski definition) is 2.